The van der Waals surface area contributed by atoms with Gasteiger partial charge >= 0.3 is 0 Å². The summed E-state index contributed by atoms with van der Waals surface area (Å²) in [4.78, 5) is 32.0. The summed E-state index contributed by atoms with van der Waals surface area (Å²) in [6.45, 7) is 3.40. The van der Waals surface area contributed by atoms with E-state index in [1.54, 1.807) is 35.4 Å². The number of hydrogen-bond acceptors (Lipinski definition) is 5. The maximum atomic E-state index is 12.9. The van der Waals surface area contributed by atoms with Crippen molar-refractivity contribution < 1.29 is 4.79 Å². The van der Waals surface area contributed by atoms with E-state index >= 15 is 0 Å². The molecule has 7 heteroatoms. The Morgan fingerprint density at radius 1 is 1.12 bits per heavy atom. The number of piperidine rings is 1. The van der Waals surface area contributed by atoms with Gasteiger partial charge < -0.3 is 4.90 Å². The molecule has 7 nitrogen and oxygen atoms in total. The summed E-state index contributed by atoms with van der Waals surface area (Å²) in [5.41, 5.74) is 1.63. The Morgan fingerprint density at radius 2 is 1.92 bits per heavy atom. The fourth-order valence-corrected chi connectivity index (χ4v) is 3.28. The smallest absolute Gasteiger partial charge is 0.254 e. The van der Waals surface area contributed by atoms with Crippen LogP contribution in [0.1, 0.15) is 40.6 Å². The second-order valence-electron chi connectivity index (χ2n) is 6.50. The first-order valence-corrected chi connectivity index (χ1v) is 8.74. The Kier molecular flexibility index (Phi) is 4.43. The largest absolute Gasteiger partial charge is 0.339 e. The molecule has 0 bridgehead atoms. The summed E-state index contributed by atoms with van der Waals surface area (Å²) in [6.07, 6.45) is 10.4. The van der Waals surface area contributed by atoms with E-state index in [-0.39, 0.29) is 5.91 Å². The molecule has 0 aliphatic carbocycles. The van der Waals surface area contributed by atoms with Crippen molar-refractivity contribution in [1.82, 2.24) is 29.4 Å². The lowest BCUT2D eigenvalue weighted by Gasteiger charge is -2.31. The van der Waals surface area contributed by atoms with E-state index in [9.17, 15) is 4.79 Å². The van der Waals surface area contributed by atoms with Crippen LogP contribution in [0, 0.1) is 6.92 Å². The zero-order chi connectivity index (χ0) is 17.9. The van der Waals surface area contributed by atoms with E-state index < -0.39 is 0 Å². The van der Waals surface area contributed by atoms with Crippen molar-refractivity contribution in [1.29, 1.82) is 0 Å². The maximum absolute atomic E-state index is 12.9. The van der Waals surface area contributed by atoms with Crippen molar-refractivity contribution in [2.24, 2.45) is 0 Å². The summed E-state index contributed by atoms with van der Waals surface area (Å²) >= 11 is 0. The van der Waals surface area contributed by atoms with Gasteiger partial charge in [-0.1, -0.05) is 0 Å². The molecule has 1 amide bonds. The van der Waals surface area contributed by atoms with Gasteiger partial charge in [0.25, 0.3) is 5.91 Å². The molecule has 0 saturated carbocycles. The Bertz CT molecular complexity index is 900. The van der Waals surface area contributed by atoms with Crippen molar-refractivity contribution >= 4 is 5.91 Å². The minimum Gasteiger partial charge on any atom is -0.339 e. The molecule has 132 valence electrons. The van der Waals surface area contributed by atoms with Crippen LogP contribution in [-0.4, -0.2) is 48.4 Å². The normalized spacial score (nSPS) is 15.2. The highest BCUT2D eigenvalue weighted by atomic mass is 16.2. The maximum Gasteiger partial charge on any atom is 0.254 e. The number of carbonyl (C=O) groups is 1. The third-order valence-corrected chi connectivity index (χ3v) is 4.72. The Labute approximate surface area is 151 Å². The lowest BCUT2D eigenvalue weighted by atomic mass is 9.95. The Balaban J connectivity index is 1.45. The molecular formula is C19H20N6O. The van der Waals surface area contributed by atoms with E-state index in [0.717, 1.165) is 24.4 Å². The van der Waals surface area contributed by atoms with Crippen LogP contribution >= 0.6 is 0 Å². The van der Waals surface area contributed by atoms with Crippen LogP contribution in [0.15, 0.2) is 49.3 Å². The topological polar surface area (TPSA) is 76.8 Å². The fraction of sp³-hybridized carbons (Fsp3) is 0.316. The summed E-state index contributed by atoms with van der Waals surface area (Å²) in [6, 6.07) is 5.47. The van der Waals surface area contributed by atoms with Crippen LogP contribution < -0.4 is 0 Å². The lowest BCUT2D eigenvalue weighted by molar-refractivity contribution is 0.0711. The van der Waals surface area contributed by atoms with Crippen LogP contribution in [0.25, 0.3) is 5.82 Å². The van der Waals surface area contributed by atoms with Gasteiger partial charge in [0.1, 0.15) is 18.0 Å². The molecule has 0 radical (unpaired) electrons. The summed E-state index contributed by atoms with van der Waals surface area (Å²) in [5, 5.41) is 0. The van der Waals surface area contributed by atoms with Crippen molar-refractivity contribution in [3.05, 3.63) is 66.4 Å². The molecule has 3 aromatic heterocycles. The second-order valence-corrected chi connectivity index (χ2v) is 6.50. The number of hydrogen-bond donors (Lipinski definition) is 0. The lowest BCUT2D eigenvalue weighted by Crippen LogP contribution is -2.38. The zero-order valence-electron chi connectivity index (χ0n) is 14.6. The minimum absolute atomic E-state index is 0.0392. The second kappa shape index (κ2) is 7.03. The Hall–Kier alpha value is -3.09. The molecule has 0 aromatic carbocycles. The number of aryl methyl sites for hydroxylation is 1. The third-order valence-electron chi connectivity index (χ3n) is 4.72. The van der Waals surface area contributed by atoms with Crippen LogP contribution in [0.5, 0.6) is 0 Å². The minimum atomic E-state index is 0.0392. The number of amides is 1. The molecule has 1 saturated heterocycles. The van der Waals surface area contributed by atoms with Gasteiger partial charge in [0.05, 0.1) is 0 Å². The highest BCUT2D eigenvalue weighted by Crippen LogP contribution is 2.26. The van der Waals surface area contributed by atoms with Crippen molar-refractivity contribution in [2.45, 2.75) is 25.7 Å². The molecule has 0 unspecified atom stereocenters. The summed E-state index contributed by atoms with van der Waals surface area (Å²) in [7, 11) is 0. The summed E-state index contributed by atoms with van der Waals surface area (Å²) in [5.74, 6) is 1.94. The van der Waals surface area contributed by atoms with Crippen LogP contribution in [-0.2, 0) is 0 Å². The predicted octanol–water partition coefficient (Wildman–Crippen LogP) is 2.39. The molecule has 4 heterocycles. The van der Waals surface area contributed by atoms with Gasteiger partial charge in [-0.25, -0.2) is 19.9 Å². The van der Waals surface area contributed by atoms with Gasteiger partial charge in [0.2, 0.25) is 0 Å². The average Bonchev–Trinajstić information content (AvgIpc) is 3.23. The van der Waals surface area contributed by atoms with Gasteiger partial charge in [-0.2, -0.15) is 0 Å². The van der Waals surface area contributed by atoms with Gasteiger partial charge in [-0.05, 0) is 38.0 Å². The van der Waals surface area contributed by atoms with E-state index in [1.807, 2.05) is 30.3 Å². The third kappa shape index (κ3) is 3.33. The molecule has 3 aromatic rings. The van der Waals surface area contributed by atoms with E-state index in [4.69, 9.17) is 0 Å². The van der Waals surface area contributed by atoms with Crippen LogP contribution in [0.3, 0.4) is 0 Å². The van der Waals surface area contributed by atoms with Crippen molar-refractivity contribution in [3.8, 4) is 5.82 Å². The van der Waals surface area contributed by atoms with Gasteiger partial charge in [0, 0.05) is 55.1 Å². The molecule has 1 aliphatic heterocycles. The van der Waals surface area contributed by atoms with Gasteiger partial charge in [-0.3, -0.25) is 9.36 Å². The predicted molar refractivity (Wildman–Crippen MR) is 96.0 cm³/mol. The summed E-state index contributed by atoms with van der Waals surface area (Å²) < 4.78 is 1.79. The standard InChI is InChI=1S/C19H20N6O/c1-14-2-6-22-18(23-14)15-4-9-24(10-5-15)19(26)16-3-7-21-17(12-16)25-11-8-20-13-25/h2-3,6-8,11-13,15H,4-5,9-10H2,1H3. The highest BCUT2D eigenvalue weighted by molar-refractivity contribution is 5.94. The molecule has 26 heavy (non-hydrogen) atoms. The van der Waals surface area contributed by atoms with E-state index in [2.05, 4.69) is 19.9 Å². The first-order valence-electron chi connectivity index (χ1n) is 8.74. The quantitative estimate of drug-likeness (QED) is 0.726. The van der Waals surface area contributed by atoms with Crippen LogP contribution in [0.4, 0.5) is 0 Å². The molecule has 0 atom stereocenters. The van der Waals surface area contributed by atoms with Crippen molar-refractivity contribution in [3.63, 3.8) is 0 Å². The number of imidazole rings is 1. The first-order chi connectivity index (χ1) is 12.7. The molecule has 4 rings (SSSR count). The number of aromatic nitrogens is 5. The van der Waals surface area contributed by atoms with Gasteiger partial charge in [0.15, 0.2) is 0 Å². The monoisotopic (exact) mass is 348 g/mol. The zero-order valence-corrected chi connectivity index (χ0v) is 14.6. The molecule has 1 fully saturated rings. The van der Waals surface area contributed by atoms with Gasteiger partial charge in [-0.15, -0.1) is 0 Å². The number of pyridine rings is 1. The number of likely N-dealkylation sites (tertiary alicyclic amines) is 1. The fourth-order valence-electron chi connectivity index (χ4n) is 3.28. The number of rotatable bonds is 3. The highest BCUT2D eigenvalue weighted by Gasteiger charge is 2.26. The SMILES string of the molecule is Cc1ccnc(C2CCN(C(=O)c3ccnc(-n4ccnc4)c3)CC2)n1. The van der Waals surface area contributed by atoms with Crippen molar-refractivity contribution in [2.75, 3.05) is 13.1 Å². The first kappa shape index (κ1) is 16.4. The van der Waals surface area contributed by atoms with Crippen LogP contribution in [0.2, 0.25) is 0 Å². The molecule has 0 N–H and O–H groups in total. The molecule has 1 aliphatic rings. The Morgan fingerprint density at radius 3 is 2.65 bits per heavy atom. The number of nitrogens with zero attached hydrogens (tertiary/aromatic N) is 6. The van der Waals surface area contributed by atoms with E-state index in [0.29, 0.717) is 30.4 Å². The van der Waals surface area contributed by atoms with E-state index in [1.165, 1.54) is 0 Å². The number of carbonyl (C=O) groups excluding carboxylic acids is 1. The average molecular weight is 348 g/mol. The molecule has 0 spiro atoms. The molecular weight excluding hydrogens is 328 g/mol.